The molecule has 3 aromatic rings. The van der Waals surface area contributed by atoms with Crippen LogP contribution in [-0.4, -0.2) is 59.5 Å². The lowest BCUT2D eigenvalue weighted by Crippen LogP contribution is -2.60. The van der Waals surface area contributed by atoms with Crippen molar-refractivity contribution in [2.45, 2.75) is 47.0 Å². The number of anilines is 1. The number of benzene rings is 3. The van der Waals surface area contributed by atoms with Crippen LogP contribution in [0.2, 0.25) is 0 Å². The number of ketones is 1. The van der Waals surface area contributed by atoms with E-state index in [0.717, 1.165) is 16.0 Å². The van der Waals surface area contributed by atoms with E-state index in [1.54, 1.807) is 23.1 Å². The fraction of sp³-hybridized carbons (Fsp3) is 0.323. The second-order valence-electron chi connectivity index (χ2n) is 11.1. The summed E-state index contributed by atoms with van der Waals surface area (Å²) in [6.07, 6.45) is 0.625. The number of aryl methyl sites for hydroxylation is 1. The molecule has 218 valence electrons. The van der Waals surface area contributed by atoms with Gasteiger partial charge >= 0.3 is 0 Å². The summed E-state index contributed by atoms with van der Waals surface area (Å²) in [7, 11) is 0. The largest absolute Gasteiger partial charge is 0.457 e. The molecule has 1 saturated heterocycles. The normalized spacial score (nSPS) is 26.2. The van der Waals surface area contributed by atoms with Gasteiger partial charge in [-0.2, -0.15) is 0 Å². The minimum atomic E-state index is -1.54. The van der Waals surface area contributed by atoms with E-state index in [-0.39, 0.29) is 30.2 Å². The Morgan fingerprint density at radius 2 is 1.83 bits per heavy atom. The number of carbonyl (C=O) groups is 3. The monoisotopic (exact) mass is 586 g/mol. The smallest absolute Gasteiger partial charge is 0.236 e. The number of hydrogen-bond acceptors (Lipinski definition) is 9. The summed E-state index contributed by atoms with van der Waals surface area (Å²) in [6, 6.07) is 17.1. The zero-order valence-electron chi connectivity index (χ0n) is 23.2. The molecule has 3 aromatic carbocycles. The molecule has 2 amide bonds. The van der Waals surface area contributed by atoms with Gasteiger partial charge in [-0.1, -0.05) is 30.3 Å². The molecule has 0 radical (unpaired) electrons. The number of carbonyl (C=O) groups excluding carboxylic acids is 3. The Morgan fingerprint density at radius 3 is 2.55 bits per heavy atom. The molecule has 0 bridgehead atoms. The highest BCUT2D eigenvalue weighted by molar-refractivity contribution is 8.01. The van der Waals surface area contributed by atoms with Crippen LogP contribution in [0.25, 0.3) is 0 Å². The average molecular weight is 587 g/mol. The van der Waals surface area contributed by atoms with Crippen LogP contribution in [0.15, 0.2) is 65.6 Å². The number of Topliss-reactive ketones (excluding diaryl/α,β-unsaturated/α-hetero) is 1. The van der Waals surface area contributed by atoms with Crippen LogP contribution in [0, 0.1) is 6.92 Å². The van der Waals surface area contributed by atoms with Gasteiger partial charge in [-0.25, -0.2) is 0 Å². The fourth-order valence-corrected chi connectivity index (χ4v) is 7.94. The molecule has 5 atom stereocenters. The standard InChI is InChI=1S/C31H34N6O4S/c1-16-13-19(41-18-5-3-2-4-6-18)7-8-20(16)31(35)21-9-10-22(33)27-24(21)25(26(34)29(31)39)28(42-27)30(40)36-17-11-12-37(15-17)23(38)14-32/h2-10,13,17,25-26,28H,11-12,14-15,32-35H2,1H3,(H,36,40). The molecule has 10 nitrogen and oxygen atoms in total. The maximum atomic E-state index is 14.2. The number of rotatable bonds is 6. The lowest BCUT2D eigenvalue weighted by atomic mass is 9.64. The van der Waals surface area contributed by atoms with Crippen LogP contribution < -0.4 is 33.0 Å². The zero-order chi connectivity index (χ0) is 29.8. The highest BCUT2D eigenvalue weighted by atomic mass is 32.2. The van der Waals surface area contributed by atoms with E-state index in [0.29, 0.717) is 47.8 Å². The zero-order valence-corrected chi connectivity index (χ0v) is 24.0. The Balaban J connectivity index is 1.32. The van der Waals surface area contributed by atoms with Gasteiger partial charge in [0.05, 0.1) is 17.8 Å². The van der Waals surface area contributed by atoms with Crippen molar-refractivity contribution >= 4 is 35.0 Å². The summed E-state index contributed by atoms with van der Waals surface area (Å²) in [5, 5.41) is 2.40. The Bertz CT molecular complexity index is 1580. The van der Waals surface area contributed by atoms with Gasteiger partial charge in [-0.3, -0.25) is 14.4 Å². The van der Waals surface area contributed by atoms with E-state index >= 15 is 0 Å². The van der Waals surface area contributed by atoms with E-state index < -0.39 is 22.7 Å². The number of ether oxygens (including phenoxy) is 1. The molecule has 9 N–H and O–H groups in total. The first-order chi connectivity index (χ1) is 20.1. The topological polar surface area (TPSA) is 180 Å². The van der Waals surface area contributed by atoms with Gasteiger partial charge in [0.1, 0.15) is 17.0 Å². The van der Waals surface area contributed by atoms with Gasteiger partial charge in [0, 0.05) is 35.6 Å². The van der Waals surface area contributed by atoms with E-state index in [2.05, 4.69) is 5.32 Å². The van der Waals surface area contributed by atoms with Gasteiger partial charge in [0.15, 0.2) is 5.78 Å². The van der Waals surface area contributed by atoms with Crippen LogP contribution in [0.4, 0.5) is 5.69 Å². The maximum Gasteiger partial charge on any atom is 0.236 e. The molecule has 0 spiro atoms. The van der Waals surface area contributed by atoms with Crippen molar-refractivity contribution in [3.8, 4) is 11.5 Å². The quantitative estimate of drug-likeness (QED) is 0.269. The van der Waals surface area contributed by atoms with Gasteiger partial charge in [-0.15, -0.1) is 11.8 Å². The minimum Gasteiger partial charge on any atom is -0.457 e. The van der Waals surface area contributed by atoms with Crippen molar-refractivity contribution in [1.29, 1.82) is 0 Å². The van der Waals surface area contributed by atoms with Crippen molar-refractivity contribution in [2.24, 2.45) is 17.2 Å². The van der Waals surface area contributed by atoms with Crippen LogP contribution in [-0.2, 0) is 19.9 Å². The summed E-state index contributed by atoms with van der Waals surface area (Å²) >= 11 is 1.32. The number of nitrogens with zero attached hydrogens (tertiary/aromatic N) is 1. The predicted molar refractivity (Wildman–Crippen MR) is 161 cm³/mol. The van der Waals surface area contributed by atoms with Crippen LogP contribution in [0.3, 0.4) is 0 Å². The minimum absolute atomic E-state index is 0.0708. The number of para-hydroxylation sites is 1. The highest BCUT2D eigenvalue weighted by Gasteiger charge is 2.57. The Kier molecular flexibility index (Phi) is 7.22. The number of nitrogens with two attached hydrogens (primary N) is 4. The second-order valence-corrected chi connectivity index (χ2v) is 12.3. The lowest BCUT2D eigenvalue weighted by molar-refractivity contribution is -0.129. The van der Waals surface area contributed by atoms with Crippen molar-refractivity contribution in [2.75, 3.05) is 25.4 Å². The van der Waals surface area contributed by atoms with Gasteiger partial charge in [0.2, 0.25) is 11.8 Å². The van der Waals surface area contributed by atoms with Crippen LogP contribution >= 0.6 is 11.8 Å². The number of hydrogen-bond donors (Lipinski definition) is 5. The summed E-state index contributed by atoms with van der Waals surface area (Å²) in [6.45, 7) is 2.74. The molecule has 11 heteroatoms. The van der Waals surface area contributed by atoms with Gasteiger partial charge < -0.3 is 37.9 Å². The number of likely N-dealkylation sites (tertiary alicyclic amines) is 1. The van der Waals surface area contributed by atoms with E-state index in [9.17, 15) is 14.4 Å². The first-order valence-electron chi connectivity index (χ1n) is 13.9. The predicted octanol–water partition coefficient (Wildman–Crippen LogP) is 1.72. The first-order valence-corrected chi connectivity index (χ1v) is 14.8. The summed E-state index contributed by atoms with van der Waals surface area (Å²) in [4.78, 5) is 42.2. The molecule has 0 saturated carbocycles. The third-order valence-electron chi connectivity index (χ3n) is 8.56. The molecule has 42 heavy (non-hydrogen) atoms. The third-order valence-corrected chi connectivity index (χ3v) is 10.0. The summed E-state index contributed by atoms with van der Waals surface area (Å²) in [5.74, 6) is -0.0520. The highest BCUT2D eigenvalue weighted by Crippen LogP contribution is 2.56. The van der Waals surface area contributed by atoms with Crippen molar-refractivity contribution < 1.29 is 19.1 Å². The number of amides is 2. The van der Waals surface area contributed by atoms with Gasteiger partial charge in [-0.05, 0) is 65.9 Å². The summed E-state index contributed by atoms with van der Waals surface area (Å²) in [5.41, 5.74) is 27.4. The Hall–Kier alpha value is -3.90. The molecule has 3 aliphatic rings. The van der Waals surface area contributed by atoms with E-state index in [1.165, 1.54) is 11.8 Å². The maximum absolute atomic E-state index is 14.2. The van der Waals surface area contributed by atoms with Crippen LogP contribution in [0.5, 0.6) is 11.5 Å². The number of nitrogens with one attached hydrogen (secondary N) is 1. The molecule has 1 aliphatic carbocycles. The van der Waals surface area contributed by atoms with Crippen molar-refractivity contribution in [1.82, 2.24) is 10.2 Å². The van der Waals surface area contributed by atoms with Crippen molar-refractivity contribution in [3.05, 3.63) is 82.9 Å². The van der Waals surface area contributed by atoms with Crippen LogP contribution in [0.1, 0.15) is 34.6 Å². The molecular weight excluding hydrogens is 552 g/mol. The Labute approximate surface area is 248 Å². The van der Waals surface area contributed by atoms with E-state index in [4.69, 9.17) is 27.7 Å². The molecular formula is C31H34N6O4S. The fourth-order valence-electron chi connectivity index (χ4n) is 6.48. The van der Waals surface area contributed by atoms with E-state index in [1.807, 2.05) is 49.4 Å². The summed E-state index contributed by atoms with van der Waals surface area (Å²) < 4.78 is 5.99. The lowest BCUT2D eigenvalue weighted by Gasteiger charge is -2.42. The first kappa shape index (κ1) is 28.2. The number of thioether (sulfide) groups is 1. The average Bonchev–Trinajstić information content (AvgIpc) is 3.62. The molecule has 2 aliphatic heterocycles. The number of nitrogen functional groups attached to an aromatic ring is 1. The van der Waals surface area contributed by atoms with Crippen molar-refractivity contribution in [3.63, 3.8) is 0 Å². The molecule has 5 unspecified atom stereocenters. The second kappa shape index (κ2) is 10.7. The molecule has 2 heterocycles. The third kappa shape index (κ3) is 4.53. The Morgan fingerprint density at radius 1 is 1.10 bits per heavy atom. The van der Waals surface area contributed by atoms with Gasteiger partial charge in [0.25, 0.3) is 0 Å². The molecule has 0 aromatic heterocycles. The molecule has 1 fully saturated rings. The SMILES string of the molecule is Cc1cc(Oc2ccccc2)ccc1C1(N)C(=O)C(N)C2c3c1ccc(N)c3SC2C(=O)NC1CCN(C(=O)CN)C1. The molecule has 6 rings (SSSR count).